The van der Waals surface area contributed by atoms with Gasteiger partial charge in [-0.25, -0.2) is 0 Å². The van der Waals surface area contributed by atoms with E-state index in [0.717, 1.165) is 12.8 Å². The van der Waals surface area contributed by atoms with Gasteiger partial charge in [0.25, 0.3) is 0 Å². The summed E-state index contributed by atoms with van der Waals surface area (Å²) in [4.78, 5) is 0. The van der Waals surface area contributed by atoms with Crippen LogP contribution in [-0.4, -0.2) is 36.0 Å². The second kappa shape index (κ2) is 6.84. The quantitative estimate of drug-likeness (QED) is 0.578. The fourth-order valence-electron chi connectivity index (χ4n) is 2.02. The summed E-state index contributed by atoms with van der Waals surface area (Å²) in [6.07, 6.45) is 1.48. The average molecular weight is 248 g/mol. The molecule has 4 heteroatoms. The average Bonchev–Trinajstić information content (AvgIpc) is 2.29. The Labute approximate surface area is 104 Å². The van der Waals surface area contributed by atoms with E-state index in [1.54, 1.807) is 0 Å². The first-order valence-corrected chi connectivity index (χ1v) is 6.81. The zero-order valence-electron chi connectivity index (χ0n) is 10.4. The number of hydrogen-bond acceptors (Lipinski definition) is 4. The molecule has 16 heavy (non-hydrogen) atoms. The topological polar surface area (TPSA) is 38.7 Å². The number of rotatable bonds is 5. The number of ether oxygens (including phenoxy) is 2. The molecule has 0 aromatic rings. The lowest BCUT2D eigenvalue weighted by molar-refractivity contribution is -0.256. The van der Waals surface area contributed by atoms with Gasteiger partial charge in [0.1, 0.15) is 0 Å². The van der Waals surface area contributed by atoms with E-state index in [1.165, 1.54) is 0 Å². The minimum absolute atomic E-state index is 0.0128. The second-order valence-corrected chi connectivity index (χ2v) is 5.02. The summed E-state index contributed by atoms with van der Waals surface area (Å²) >= 11 is 4.25. The molecule has 1 aliphatic rings. The van der Waals surface area contributed by atoms with Crippen molar-refractivity contribution in [2.75, 3.05) is 12.4 Å². The van der Waals surface area contributed by atoms with Crippen LogP contribution >= 0.6 is 12.6 Å². The maximum atomic E-state index is 10.1. The van der Waals surface area contributed by atoms with Crippen LogP contribution in [0.1, 0.15) is 33.6 Å². The van der Waals surface area contributed by atoms with Gasteiger partial charge in [0.15, 0.2) is 6.29 Å². The predicted octanol–water partition coefficient (Wildman–Crippen LogP) is 2.09. The lowest BCUT2D eigenvalue weighted by Gasteiger charge is -2.41. The van der Waals surface area contributed by atoms with Crippen molar-refractivity contribution in [2.24, 2.45) is 11.8 Å². The standard InChI is InChI=1S/C12H24O3S/c1-4-5-6-14-12-9(3)11(13)8(2)10(7-16)15-12/h8-13,16H,4-7H2,1-3H3/t8-,9?,10?,11?,12+/m0/s1. The summed E-state index contributed by atoms with van der Waals surface area (Å²) in [5, 5.41) is 10.1. The van der Waals surface area contributed by atoms with E-state index < -0.39 is 0 Å². The van der Waals surface area contributed by atoms with E-state index in [0.29, 0.717) is 12.4 Å². The van der Waals surface area contributed by atoms with Crippen LogP contribution in [0.15, 0.2) is 0 Å². The van der Waals surface area contributed by atoms with Gasteiger partial charge in [-0.05, 0) is 6.42 Å². The Balaban J connectivity index is 2.50. The normalized spacial score (nSPS) is 39.9. The Morgan fingerprint density at radius 2 is 2.00 bits per heavy atom. The van der Waals surface area contributed by atoms with Crippen LogP contribution < -0.4 is 0 Å². The Hall–Kier alpha value is 0.230. The third kappa shape index (κ3) is 3.36. The maximum Gasteiger partial charge on any atom is 0.162 e. The van der Waals surface area contributed by atoms with Crippen LogP contribution in [0, 0.1) is 11.8 Å². The molecule has 3 unspecified atom stereocenters. The van der Waals surface area contributed by atoms with Gasteiger partial charge >= 0.3 is 0 Å². The molecule has 0 spiro atoms. The minimum atomic E-state index is -0.363. The van der Waals surface area contributed by atoms with Gasteiger partial charge in [-0.15, -0.1) is 0 Å². The molecule has 0 amide bonds. The monoisotopic (exact) mass is 248 g/mol. The maximum absolute atomic E-state index is 10.1. The molecule has 0 radical (unpaired) electrons. The fraction of sp³-hybridized carbons (Fsp3) is 1.00. The molecule has 1 fully saturated rings. The summed E-state index contributed by atoms with van der Waals surface area (Å²) in [6, 6.07) is 0. The summed E-state index contributed by atoms with van der Waals surface area (Å²) < 4.78 is 11.5. The molecule has 0 saturated carbocycles. The number of hydrogen-bond donors (Lipinski definition) is 2. The highest BCUT2D eigenvalue weighted by Gasteiger charge is 2.40. The number of aliphatic hydroxyl groups is 1. The molecule has 1 aliphatic heterocycles. The smallest absolute Gasteiger partial charge is 0.162 e. The van der Waals surface area contributed by atoms with Crippen molar-refractivity contribution >= 4 is 12.6 Å². The fourth-order valence-corrected chi connectivity index (χ4v) is 2.44. The minimum Gasteiger partial charge on any atom is -0.392 e. The van der Waals surface area contributed by atoms with Gasteiger partial charge in [-0.3, -0.25) is 0 Å². The van der Waals surface area contributed by atoms with E-state index in [-0.39, 0.29) is 30.3 Å². The van der Waals surface area contributed by atoms with Gasteiger partial charge in [-0.2, -0.15) is 12.6 Å². The summed E-state index contributed by atoms with van der Waals surface area (Å²) in [7, 11) is 0. The first-order chi connectivity index (χ1) is 7.61. The summed E-state index contributed by atoms with van der Waals surface area (Å²) in [5.74, 6) is 0.778. The van der Waals surface area contributed by atoms with Crippen LogP contribution in [0.25, 0.3) is 0 Å². The highest BCUT2D eigenvalue weighted by Crippen LogP contribution is 2.31. The zero-order valence-corrected chi connectivity index (χ0v) is 11.3. The first kappa shape index (κ1) is 14.3. The molecule has 1 N–H and O–H groups in total. The van der Waals surface area contributed by atoms with Crippen molar-refractivity contribution in [3.8, 4) is 0 Å². The van der Waals surface area contributed by atoms with Crippen LogP contribution in [0.2, 0.25) is 0 Å². The van der Waals surface area contributed by atoms with Crippen LogP contribution in [0.3, 0.4) is 0 Å². The molecule has 1 saturated heterocycles. The summed E-state index contributed by atoms with van der Waals surface area (Å²) in [6.45, 7) is 6.81. The van der Waals surface area contributed by atoms with Crippen molar-refractivity contribution in [1.82, 2.24) is 0 Å². The molecule has 96 valence electrons. The molecule has 3 nitrogen and oxygen atoms in total. The van der Waals surface area contributed by atoms with E-state index >= 15 is 0 Å². The highest BCUT2D eigenvalue weighted by atomic mass is 32.1. The molecular formula is C12H24O3S. The predicted molar refractivity (Wildman–Crippen MR) is 67.7 cm³/mol. The van der Waals surface area contributed by atoms with E-state index in [4.69, 9.17) is 9.47 Å². The number of unbranched alkanes of at least 4 members (excludes halogenated alkanes) is 1. The van der Waals surface area contributed by atoms with Gasteiger partial charge in [0.05, 0.1) is 12.2 Å². The Morgan fingerprint density at radius 3 is 2.56 bits per heavy atom. The van der Waals surface area contributed by atoms with Crippen LogP contribution in [0.4, 0.5) is 0 Å². The van der Waals surface area contributed by atoms with E-state index in [1.807, 2.05) is 13.8 Å². The third-order valence-corrected chi connectivity index (χ3v) is 3.72. The van der Waals surface area contributed by atoms with Crippen molar-refractivity contribution in [3.63, 3.8) is 0 Å². The highest BCUT2D eigenvalue weighted by molar-refractivity contribution is 7.80. The lowest BCUT2D eigenvalue weighted by atomic mass is 9.86. The SMILES string of the molecule is CCCCO[C@@H]1OC(CS)[C@H](C)C(O)C1C. The largest absolute Gasteiger partial charge is 0.392 e. The molecule has 0 aromatic carbocycles. The van der Waals surface area contributed by atoms with Gasteiger partial charge in [0.2, 0.25) is 0 Å². The van der Waals surface area contributed by atoms with E-state index in [2.05, 4.69) is 19.6 Å². The van der Waals surface area contributed by atoms with Gasteiger partial charge in [-0.1, -0.05) is 27.2 Å². The van der Waals surface area contributed by atoms with Crippen molar-refractivity contribution < 1.29 is 14.6 Å². The Kier molecular flexibility index (Phi) is 6.11. The van der Waals surface area contributed by atoms with Crippen LogP contribution in [-0.2, 0) is 9.47 Å². The molecule has 0 bridgehead atoms. The lowest BCUT2D eigenvalue weighted by Crippen LogP contribution is -2.50. The molecule has 1 heterocycles. The zero-order chi connectivity index (χ0) is 12.1. The van der Waals surface area contributed by atoms with Crippen molar-refractivity contribution in [2.45, 2.75) is 52.1 Å². The first-order valence-electron chi connectivity index (χ1n) is 6.17. The van der Waals surface area contributed by atoms with Crippen LogP contribution in [0.5, 0.6) is 0 Å². The van der Waals surface area contributed by atoms with Crippen molar-refractivity contribution in [1.29, 1.82) is 0 Å². The number of aliphatic hydroxyl groups excluding tert-OH is 1. The molecule has 5 atom stereocenters. The molecule has 0 aromatic heterocycles. The van der Waals surface area contributed by atoms with Crippen molar-refractivity contribution in [3.05, 3.63) is 0 Å². The molecular weight excluding hydrogens is 224 g/mol. The summed E-state index contributed by atoms with van der Waals surface area (Å²) in [5.41, 5.74) is 0. The third-order valence-electron chi connectivity index (χ3n) is 3.36. The van der Waals surface area contributed by atoms with E-state index in [9.17, 15) is 5.11 Å². The second-order valence-electron chi connectivity index (χ2n) is 4.66. The van der Waals surface area contributed by atoms with Gasteiger partial charge < -0.3 is 14.6 Å². The van der Waals surface area contributed by atoms with Gasteiger partial charge in [0, 0.05) is 24.2 Å². The Bertz CT molecular complexity index is 199. The molecule has 0 aliphatic carbocycles. The Morgan fingerprint density at radius 1 is 1.31 bits per heavy atom. The number of thiol groups is 1. The molecule has 1 rings (SSSR count).